The van der Waals surface area contributed by atoms with Crippen LogP contribution in [-0.4, -0.2) is 53.2 Å². The van der Waals surface area contributed by atoms with Crippen LogP contribution in [-0.2, 0) is 24.4 Å². The van der Waals surface area contributed by atoms with Crippen LogP contribution in [0.3, 0.4) is 0 Å². The lowest BCUT2D eigenvalue weighted by molar-refractivity contribution is -0.192. The molecule has 1 N–H and O–H groups in total. The minimum atomic E-state index is -5.08. The summed E-state index contributed by atoms with van der Waals surface area (Å²) in [6.45, 7) is 9.74. The fourth-order valence-corrected chi connectivity index (χ4v) is 3.44. The van der Waals surface area contributed by atoms with Crippen molar-refractivity contribution in [1.82, 2.24) is 29.4 Å². The highest BCUT2D eigenvalue weighted by Gasteiger charge is 2.38. The van der Waals surface area contributed by atoms with Crippen LogP contribution in [0.4, 0.5) is 13.2 Å². The van der Waals surface area contributed by atoms with Crippen LogP contribution in [0.25, 0.3) is 0 Å². The fraction of sp³-hybridized carbons (Fsp3) is 0.474. The van der Waals surface area contributed by atoms with Crippen molar-refractivity contribution in [2.75, 3.05) is 6.54 Å². The summed E-state index contributed by atoms with van der Waals surface area (Å²) in [5, 5.41) is 15.5. The Balaban J connectivity index is 0.000000339. The van der Waals surface area contributed by atoms with Crippen LogP contribution < -0.4 is 0 Å². The maximum Gasteiger partial charge on any atom is 0.490 e. The second-order valence-electron chi connectivity index (χ2n) is 7.22. The number of carbonyl (C=O) groups is 1. The lowest BCUT2D eigenvalue weighted by Crippen LogP contribution is -2.37. The normalized spacial score (nSPS) is 16.5. The number of halogens is 3. The number of carboxylic acids is 1. The number of imidazole rings is 1. The summed E-state index contributed by atoms with van der Waals surface area (Å²) in [6.07, 6.45) is 0.685. The molecule has 0 bridgehead atoms. The predicted octanol–water partition coefficient (Wildman–Crippen LogP) is 2.94. The Hall–Kier alpha value is -3.15. The first-order valence-electron chi connectivity index (χ1n) is 9.55. The molecule has 1 atom stereocenters. The topological polar surface area (TPSA) is 102 Å². The second-order valence-corrected chi connectivity index (χ2v) is 7.22. The van der Waals surface area contributed by atoms with Crippen molar-refractivity contribution in [2.45, 2.75) is 52.6 Å². The van der Waals surface area contributed by atoms with Gasteiger partial charge in [0.2, 0.25) is 0 Å². The summed E-state index contributed by atoms with van der Waals surface area (Å²) in [5.74, 6) is -0.726. The third kappa shape index (κ3) is 5.13. The zero-order valence-electron chi connectivity index (χ0n) is 17.3. The summed E-state index contributed by atoms with van der Waals surface area (Å²) in [4.78, 5) is 16.0. The third-order valence-electron chi connectivity index (χ3n) is 5.17. The first-order chi connectivity index (χ1) is 14.6. The molecule has 1 unspecified atom stereocenters. The molecule has 4 heterocycles. The maximum atomic E-state index is 10.6. The number of rotatable bonds is 4. The van der Waals surface area contributed by atoms with Crippen LogP contribution in [0, 0.1) is 13.8 Å². The van der Waals surface area contributed by atoms with Gasteiger partial charge in [0, 0.05) is 37.6 Å². The highest BCUT2D eigenvalue weighted by molar-refractivity contribution is 5.73. The molecule has 1 aliphatic rings. The van der Waals surface area contributed by atoms with Crippen molar-refractivity contribution in [2.24, 2.45) is 0 Å². The number of hydrogen-bond acceptors (Lipinski definition) is 6. The van der Waals surface area contributed by atoms with Gasteiger partial charge in [-0.05, 0) is 26.8 Å². The minimum absolute atomic E-state index is 0.263. The van der Waals surface area contributed by atoms with E-state index < -0.39 is 12.1 Å². The Morgan fingerprint density at radius 3 is 2.55 bits per heavy atom. The van der Waals surface area contributed by atoms with Crippen LogP contribution in [0.1, 0.15) is 41.5 Å². The van der Waals surface area contributed by atoms with Gasteiger partial charge in [-0.3, -0.25) is 9.58 Å². The monoisotopic (exact) mass is 440 g/mol. The Kier molecular flexibility index (Phi) is 6.48. The molecule has 9 nitrogen and oxygen atoms in total. The molecule has 12 heteroatoms. The van der Waals surface area contributed by atoms with Gasteiger partial charge in [0.15, 0.2) is 0 Å². The van der Waals surface area contributed by atoms with Crippen molar-refractivity contribution < 1.29 is 27.6 Å². The van der Waals surface area contributed by atoms with E-state index in [1.54, 1.807) is 0 Å². The van der Waals surface area contributed by atoms with E-state index in [0.29, 0.717) is 0 Å². The molecular weight excluding hydrogens is 417 g/mol. The smallest absolute Gasteiger partial charge is 0.475 e. The number of carboxylic acid groups (broad SMARTS) is 1. The molecule has 0 radical (unpaired) electrons. The molecular formula is C19H23F3N6O3. The molecule has 0 saturated carbocycles. The molecule has 4 rings (SSSR count). The highest BCUT2D eigenvalue weighted by atomic mass is 19.4. The third-order valence-corrected chi connectivity index (χ3v) is 5.17. The van der Waals surface area contributed by atoms with Crippen LogP contribution in [0.2, 0.25) is 0 Å². The highest BCUT2D eigenvalue weighted by Crippen LogP contribution is 2.28. The van der Waals surface area contributed by atoms with Gasteiger partial charge in [-0.25, -0.2) is 9.78 Å². The van der Waals surface area contributed by atoms with Crippen molar-refractivity contribution in [3.05, 3.63) is 53.2 Å². The molecule has 31 heavy (non-hydrogen) atoms. The molecule has 3 aromatic heterocycles. The van der Waals surface area contributed by atoms with E-state index in [0.717, 1.165) is 43.5 Å². The van der Waals surface area contributed by atoms with Crippen LogP contribution >= 0.6 is 0 Å². The van der Waals surface area contributed by atoms with E-state index >= 15 is 0 Å². The summed E-state index contributed by atoms with van der Waals surface area (Å²) < 4.78 is 41.3. The van der Waals surface area contributed by atoms with E-state index in [-0.39, 0.29) is 6.04 Å². The average molecular weight is 440 g/mol. The molecule has 168 valence electrons. The molecule has 0 fully saturated rings. The summed E-state index contributed by atoms with van der Waals surface area (Å²) in [7, 11) is 0. The Morgan fingerprint density at radius 1 is 1.29 bits per heavy atom. The van der Waals surface area contributed by atoms with Gasteiger partial charge in [0.05, 0.1) is 30.2 Å². The largest absolute Gasteiger partial charge is 0.490 e. The van der Waals surface area contributed by atoms with E-state index in [1.165, 1.54) is 11.3 Å². The summed E-state index contributed by atoms with van der Waals surface area (Å²) in [5.41, 5.74) is 3.38. The number of aryl methyl sites for hydroxylation is 2. The number of aliphatic carboxylic acids is 1. The number of hydrogen-bond donors (Lipinski definition) is 1. The first kappa shape index (κ1) is 22.5. The number of nitrogens with zero attached hydrogens (tertiary/aromatic N) is 6. The molecule has 3 aromatic rings. The van der Waals surface area contributed by atoms with E-state index in [1.807, 2.05) is 43.2 Å². The maximum absolute atomic E-state index is 10.6. The zero-order valence-corrected chi connectivity index (χ0v) is 17.3. The SMILES string of the molecule is Cc1noc(C)c1CN1CCn2c(Cn3cccn3)cnc2C1C.O=C(O)C(F)(F)F. The fourth-order valence-electron chi connectivity index (χ4n) is 3.44. The minimum Gasteiger partial charge on any atom is -0.475 e. The van der Waals surface area contributed by atoms with Crippen molar-refractivity contribution >= 4 is 5.97 Å². The van der Waals surface area contributed by atoms with E-state index in [9.17, 15) is 13.2 Å². The zero-order chi connectivity index (χ0) is 22.8. The molecule has 0 aromatic carbocycles. The molecule has 1 aliphatic heterocycles. The van der Waals surface area contributed by atoms with Gasteiger partial charge >= 0.3 is 12.1 Å². The number of alkyl halides is 3. The van der Waals surface area contributed by atoms with Gasteiger partial charge in [0.25, 0.3) is 0 Å². The first-order valence-corrected chi connectivity index (χ1v) is 9.55. The summed E-state index contributed by atoms with van der Waals surface area (Å²) >= 11 is 0. The van der Waals surface area contributed by atoms with Gasteiger partial charge in [-0.1, -0.05) is 5.16 Å². The lowest BCUT2D eigenvalue weighted by atomic mass is 10.1. The van der Waals surface area contributed by atoms with E-state index in [2.05, 4.69) is 31.6 Å². The van der Waals surface area contributed by atoms with Crippen molar-refractivity contribution in [3.63, 3.8) is 0 Å². The Morgan fingerprint density at radius 2 is 2.00 bits per heavy atom. The Bertz CT molecular complexity index is 1010. The van der Waals surface area contributed by atoms with Gasteiger partial charge in [-0.15, -0.1) is 0 Å². The average Bonchev–Trinajstić information content (AvgIpc) is 3.42. The van der Waals surface area contributed by atoms with Crippen LogP contribution in [0.5, 0.6) is 0 Å². The number of fused-ring (bicyclic) bond motifs is 1. The molecule has 0 aliphatic carbocycles. The standard InChI is InChI=1S/C17H22N6O.C2HF3O2/c1-12-16(14(3)24-20-12)11-21-7-8-23-15(9-18-17(23)13(21)2)10-22-6-4-5-19-22;3-2(4,5)1(6)7/h4-6,9,13H,7-8,10-11H2,1-3H3;(H,6,7). The summed E-state index contributed by atoms with van der Waals surface area (Å²) in [6, 6.07) is 2.21. The second kappa shape index (κ2) is 8.92. The number of aromatic nitrogens is 5. The van der Waals surface area contributed by atoms with Gasteiger partial charge in [-0.2, -0.15) is 18.3 Å². The van der Waals surface area contributed by atoms with Crippen molar-refractivity contribution in [3.8, 4) is 0 Å². The van der Waals surface area contributed by atoms with Gasteiger partial charge < -0.3 is 14.2 Å². The Labute approximate surface area is 176 Å². The molecule has 0 saturated heterocycles. The quantitative estimate of drug-likeness (QED) is 0.665. The van der Waals surface area contributed by atoms with E-state index in [4.69, 9.17) is 14.4 Å². The van der Waals surface area contributed by atoms with Crippen LogP contribution in [0.15, 0.2) is 29.2 Å². The van der Waals surface area contributed by atoms with Crippen molar-refractivity contribution in [1.29, 1.82) is 0 Å². The predicted molar refractivity (Wildman–Crippen MR) is 102 cm³/mol. The molecule has 0 spiro atoms. The molecule has 0 amide bonds. The lowest BCUT2D eigenvalue weighted by Gasteiger charge is -2.34. The van der Waals surface area contributed by atoms with Gasteiger partial charge in [0.1, 0.15) is 11.6 Å².